The maximum atomic E-state index is 12.2. The van der Waals surface area contributed by atoms with Crippen LogP contribution in [0.4, 0.5) is 13.2 Å². The highest BCUT2D eigenvalue weighted by Crippen LogP contribution is 2.27. The quantitative estimate of drug-likeness (QED) is 0.793. The zero-order chi connectivity index (χ0) is 14.5. The summed E-state index contributed by atoms with van der Waals surface area (Å²) in [6.07, 6.45) is -4.09. The first-order chi connectivity index (χ1) is 8.81. The molecule has 4 heteroatoms. The molecule has 0 bridgehead atoms. The van der Waals surface area contributed by atoms with Gasteiger partial charge in [-0.05, 0) is 38.8 Å². The van der Waals surface area contributed by atoms with Gasteiger partial charge < -0.3 is 5.32 Å². The van der Waals surface area contributed by atoms with Crippen molar-refractivity contribution in [1.29, 1.82) is 0 Å². The summed E-state index contributed by atoms with van der Waals surface area (Å²) in [6, 6.07) is 6.18. The summed E-state index contributed by atoms with van der Waals surface area (Å²) in [4.78, 5) is 0. The van der Waals surface area contributed by atoms with Crippen LogP contribution in [0.1, 0.15) is 48.9 Å². The Labute approximate surface area is 113 Å². The average molecular weight is 273 g/mol. The van der Waals surface area contributed by atoms with E-state index in [1.165, 1.54) is 0 Å². The number of halogens is 3. The van der Waals surface area contributed by atoms with Crippen molar-refractivity contribution < 1.29 is 13.2 Å². The fourth-order valence-electron chi connectivity index (χ4n) is 2.35. The van der Waals surface area contributed by atoms with Crippen LogP contribution in [0.15, 0.2) is 18.2 Å². The normalized spacial score (nSPS) is 13.6. The van der Waals surface area contributed by atoms with Gasteiger partial charge in [0.15, 0.2) is 0 Å². The highest BCUT2D eigenvalue weighted by atomic mass is 19.4. The van der Waals surface area contributed by atoms with Gasteiger partial charge in [-0.2, -0.15) is 13.2 Å². The summed E-state index contributed by atoms with van der Waals surface area (Å²) in [5.41, 5.74) is 3.38. The molecule has 1 rings (SSSR count). The molecule has 0 aliphatic rings. The van der Waals surface area contributed by atoms with Gasteiger partial charge in [0.1, 0.15) is 0 Å². The summed E-state index contributed by atoms with van der Waals surface area (Å²) in [7, 11) is 0. The molecule has 0 saturated carbocycles. The van der Waals surface area contributed by atoms with Crippen molar-refractivity contribution in [1.82, 2.24) is 5.32 Å². The minimum Gasteiger partial charge on any atom is -0.310 e. The molecule has 1 unspecified atom stereocenters. The molecule has 0 heterocycles. The number of benzene rings is 1. The molecule has 1 N–H and O–H groups in total. The Morgan fingerprint density at radius 2 is 1.68 bits per heavy atom. The topological polar surface area (TPSA) is 12.0 Å². The molecule has 0 amide bonds. The van der Waals surface area contributed by atoms with Crippen molar-refractivity contribution in [3.8, 4) is 0 Å². The maximum Gasteiger partial charge on any atom is 0.389 e. The van der Waals surface area contributed by atoms with Crippen molar-refractivity contribution in [3.63, 3.8) is 0 Å². The standard InChI is InChI=1S/C15H22F3N/c1-4-19-14(6-5-7-15(16,17)18)13-9-11(2)8-12(3)10-13/h8-10,14,19H,4-7H2,1-3H3. The summed E-state index contributed by atoms with van der Waals surface area (Å²) in [5.74, 6) is 0. The number of aryl methyl sites for hydroxylation is 2. The van der Waals surface area contributed by atoms with Gasteiger partial charge in [-0.1, -0.05) is 36.2 Å². The Hall–Kier alpha value is -1.03. The number of alkyl halides is 3. The van der Waals surface area contributed by atoms with Crippen LogP contribution in [0.5, 0.6) is 0 Å². The third-order valence-electron chi connectivity index (χ3n) is 3.05. The lowest BCUT2D eigenvalue weighted by Gasteiger charge is -2.20. The van der Waals surface area contributed by atoms with Crippen LogP contribution >= 0.6 is 0 Å². The Balaban J connectivity index is 2.71. The zero-order valence-electron chi connectivity index (χ0n) is 11.8. The van der Waals surface area contributed by atoms with Gasteiger partial charge in [0, 0.05) is 12.5 Å². The number of nitrogens with one attached hydrogen (secondary N) is 1. The first-order valence-corrected chi connectivity index (χ1v) is 6.70. The van der Waals surface area contributed by atoms with Crippen molar-refractivity contribution in [2.24, 2.45) is 0 Å². The first kappa shape index (κ1) is 16.0. The zero-order valence-corrected chi connectivity index (χ0v) is 11.8. The summed E-state index contributed by atoms with van der Waals surface area (Å²) in [5, 5.41) is 3.27. The second-order valence-corrected chi connectivity index (χ2v) is 5.04. The van der Waals surface area contributed by atoms with Crippen LogP contribution in [0, 0.1) is 13.8 Å². The Bertz CT molecular complexity index is 379. The van der Waals surface area contributed by atoms with Gasteiger partial charge >= 0.3 is 6.18 Å². The van der Waals surface area contributed by atoms with E-state index in [1.54, 1.807) is 0 Å². The molecular weight excluding hydrogens is 251 g/mol. The molecule has 0 fully saturated rings. The van der Waals surface area contributed by atoms with E-state index in [9.17, 15) is 13.2 Å². The van der Waals surface area contributed by atoms with Crippen molar-refractivity contribution in [2.75, 3.05) is 6.54 Å². The van der Waals surface area contributed by atoms with E-state index in [0.717, 1.165) is 23.2 Å². The second kappa shape index (κ2) is 6.94. The molecule has 0 saturated heterocycles. The Kier molecular flexibility index (Phi) is 5.85. The fraction of sp³-hybridized carbons (Fsp3) is 0.600. The van der Waals surface area contributed by atoms with Gasteiger partial charge in [0.2, 0.25) is 0 Å². The van der Waals surface area contributed by atoms with E-state index in [-0.39, 0.29) is 12.5 Å². The van der Waals surface area contributed by atoms with E-state index >= 15 is 0 Å². The maximum absolute atomic E-state index is 12.2. The number of hydrogen-bond acceptors (Lipinski definition) is 1. The van der Waals surface area contributed by atoms with E-state index < -0.39 is 12.6 Å². The third kappa shape index (κ3) is 6.10. The van der Waals surface area contributed by atoms with Crippen LogP contribution < -0.4 is 5.32 Å². The van der Waals surface area contributed by atoms with Crippen LogP contribution in [0.3, 0.4) is 0 Å². The molecule has 1 nitrogen and oxygen atoms in total. The summed E-state index contributed by atoms with van der Waals surface area (Å²) < 4.78 is 36.6. The van der Waals surface area contributed by atoms with E-state index in [2.05, 4.69) is 11.4 Å². The molecule has 0 aliphatic heterocycles. The van der Waals surface area contributed by atoms with Crippen LogP contribution in [-0.2, 0) is 0 Å². The molecule has 0 aliphatic carbocycles. The third-order valence-corrected chi connectivity index (χ3v) is 3.05. The van der Waals surface area contributed by atoms with Crippen molar-refractivity contribution in [2.45, 2.75) is 52.3 Å². The Morgan fingerprint density at radius 1 is 1.11 bits per heavy atom. The molecule has 19 heavy (non-hydrogen) atoms. The smallest absolute Gasteiger partial charge is 0.310 e. The summed E-state index contributed by atoms with van der Waals surface area (Å²) in [6.45, 7) is 6.74. The average Bonchev–Trinajstić information content (AvgIpc) is 2.25. The van der Waals surface area contributed by atoms with Gasteiger partial charge in [-0.15, -0.1) is 0 Å². The molecule has 0 aromatic heterocycles. The minimum atomic E-state index is -4.06. The van der Waals surface area contributed by atoms with E-state index in [4.69, 9.17) is 0 Å². The molecule has 108 valence electrons. The second-order valence-electron chi connectivity index (χ2n) is 5.04. The summed E-state index contributed by atoms with van der Waals surface area (Å²) >= 11 is 0. The highest BCUT2D eigenvalue weighted by Gasteiger charge is 2.26. The van der Waals surface area contributed by atoms with Crippen molar-refractivity contribution >= 4 is 0 Å². The van der Waals surface area contributed by atoms with Crippen molar-refractivity contribution in [3.05, 3.63) is 34.9 Å². The van der Waals surface area contributed by atoms with Gasteiger partial charge in [0.05, 0.1) is 0 Å². The van der Waals surface area contributed by atoms with Gasteiger partial charge in [-0.25, -0.2) is 0 Å². The fourth-order valence-corrected chi connectivity index (χ4v) is 2.35. The SMILES string of the molecule is CCNC(CCCC(F)(F)F)c1cc(C)cc(C)c1. The van der Waals surface area contributed by atoms with Gasteiger partial charge in [-0.3, -0.25) is 0 Å². The van der Waals surface area contributed by atoms with Gasteiger partial charge in [0.25, 0.3) is 0 Å². The molecule has 1 atom stereocenters. The molecule has 0 spiro atoms. The predicted molar refractivity (Wildman–Crippen MR) is 72.2 cm³/mol. The highest BCUT2D eigenvalue weighted by molar-refractivity contribution is 5.30. The number of hydrogen-bond donors (Lipinski definition) is 1. The van der Waals surface area contributed by atoms with E-state index in [0.29, 0.717) is 6.42 Å². The van der Waals surface area contributed by atoms with Crippen LogP contribution in [0.2, 0.25) is 0 Å². The Morgan fingerprint density at radius 3 is 2.16 bits per heavy atom. The number of rotatable bonds is 6. The molecule has 1 aromatic rings. The largest absolute Gasteiger partial charge is 0.389 e. The lowest BCUT2D eigenvalue weighted by atomic mass is 9.97. The lowest BCUT2D eigenvalue weighted by molar-refractivity contribution is -0.135. The molecular formula is C15H22F3N. The monoisotopic (exact) mass is 273 g/mol. The predicted octanol–water partition coefficient (Wildman–Crippen LogP) is 4.69. The first-order valence-electron chi connectivity index (χ1n) is 6.70. The van der Waals surface area contributed by atoms with Crippen LogP contribution in [0.25, 0.3) is 0 Å². The lowest BCUT2D eigenvalue weighted by Crippen LogP contribution is -2.21. The minimum absolute atomic E-state index is 0.00551. The molecule has 1 aromatic carbocycles. The van der Waals surface area contributed by atoms with Crippen LogP contribution in [-0.4, -0.2) is 12.7 Å². The van der Waals surface area contributed by atoms with E-state index in [1.807, 2.05) is 32.9 Å². The molecule has 0 radical (unpaired) electrons.